The Bertz CT molecular complexity index is 1110. The molecule has 0 aliphatic carbocycles. The van der Waals surface area contributed by atoms with Crippen molar-refractivity contribution in [2.24, 2.45) is 0 Å². The second-order valence-electron chi connectivity index (χ2n) is 6.67. The second kappa shape index (κ2) is 8.31. The van der Waals surface area contributed by atoms with Crippen molar-refractivity contribution >= 4 is 33.2 Å². The quantitative estimate of drug-likeness (QED) is 0.581. The molecule has 3 aromatic rings. The Morgan fingerprint density at radius 3 is 2.34 bits per heavy atom. The Labute approximate surface area is 175 Å². The summed E-state index contributed by atoms with van der Waals surface area (Å²) in [5.74, 6) is 0.502. The Balaban J connectivity index is 1.83. The average molecular weight is 433 g/mol. The van der Waals surface area contributed by atoms with Gasteiger partial charge in [0.1, 0.15) is 5.76 Å². The summed E-state index contributed by atoms with van der Waals surface area (Å²) in [5, 5.41) is 0.462. The third-order valence-corrected chi connectivity index (χ3v) is 6.61. The van der Waals surface area contributed by atoms with E-state index < -0.39 is 10.0 Å². The topological polar surface area (TPSA) is 70.8 Å². The highest BCUT2D eigenvalue weighted by Crippen LogP contribution is 2.27. The van der Waals surface area contributed by atoms with Crippen LogP contribution in [0.5, 0.6) is 0 Å². The first-order valence-electron chi connectivity index (χ1n) is 8.83. The number of carbonyl (C=O) groups excluding carboxylic acids is 1. The number of hydrogen-bond donors (Lipinski definition) is 0. The largest absolute Gasteiger partial charge is 0.467 e. The molecule has 8 heteroatoms. The SMILES string of the molecule is Cc1cc(C(=O)N(C)Cc2ccco2)ccc1N(C)S(=O)(=O)c1ccc(Cl)cc1. The first kappa shape index (κ1) is 21.0. The van der Waals surface area contributed by atoms with Gasteiger partial charge in [-0.1, -0.05) is 11.6 Å². The molecule has 0 aliphatic heterocycles. The first-order valence-corrected chi connectivity index (χ1v) is 10.6. The number of aryl methyl sites for hydroxylation is 1. The third-order valence-electron chi connectivity index (χ3n) is 4.57. The summed E-state index contributed by atoms with van der Waals surface area (Å²) in [4.78, 5) is 14.4. The molecule has 0 unspecified atom stereocenters. The summed E-state index contributed by atoms with van der Waals surface area (Å²) < 4.78 is 32.3. The van der Waals surface area contributed by atoms with Crippen molar-refractivity contribution in [2.75, 3.05) is 18.4 Å². The van der Waals surface area contributed by atoms with E-state index >= 15 is 0 Å². The van der Waals surface area contributed by atoms with Crippen molar-refractivity contribution in [3.05, 3.63) is 82.8 Å². The Morgan fingerprint density at radius 2 is 1.76 bits per heavy atom. The second-order valence-corrected chi connectivity index (χ2v) is 9.07. The number of furan rings is 1. The van der Waals surface area contributed by atoms with Gasteiger partial charge in [0.25, 0.3) is 15.9 Å². The number of sulfonamides is 1. The molecule has 152 valence electrons. The first-order chi connectivity index (χ1) is 13.7. The van der Waals surface area contributed by atoms with E-state index in [0.717, 1.165) is 0 Å². The van der Waals surface area contributed by atoms with E-state index in [1.165, 1.54) is 35.6 Å². The summed E-state index contributed by atoms with van der Waals surface area (Å²) >= 11 is 5.85. The number of nitrogens with zero attached hydrogens (tertiary/aromatic N) is 2. The minimum Gasteiger partial charge on any atom is -0.467 e. The summed E-state index contributed by atoms with van der Waals surface area (Å²) in [7, 11) is -0.579. The van der Waals surface area contributed by atoms with Crippen LogP contribution in [0.2, 0.25) is 5.02 Å². The van der Waals surface area contributed by atoms with E-state index in [4.69, 9.17) is 16.0 Å². The summed E-state index contributed by atoms with van der Waals surface area (Å²) in [6.07, 6.45) is 1.56. The predicted molar refractivity (Wildman–Crippen MR) is 113 cm³/mol. The molecule has 0 saturated heterocycles. The van der Waals surface area contributed by atoms with Gasteiger partial charge in [0, 0.05) is 24.7 Å². The van der Waals surface area contributed by atoms with Crippen LogP contribution in [0.1, 0.15) is 21.7 Å². The van der Waals surface area contributed by atoms with Gasteiger partial charge in [0.15, 0.2) is 0 Å². The normalized spacial score (nSPS) is 11.3. The maximum atomic E-state index is 12.9. The van der Waals surface area contributed by atoms with Crippen LogP contribution < -0.4 is 4.31 Å². The minimum absolute atomic E-state index is 0.141. The maximum absolute atomic E-state index is 12.9. The van der Waals surface area contributed by atoms with Gasteiger partial charge in [0.05, 0.1) is 23.4 Å². The van der Waals surface area contributed by atoms with Gasteiger partial charge in [-0.3, -0.25) is 9.10 Å². The lowest BCUT2D eigenvalue weighted by atomic mass is 10.1. The van der Waals surface area contributed by atoms with Crippen molar-refractivity contribution < 1.29 is 17.6 Å². The summed E-state index contributed by atoms with van der Waals surface area (Å²) in [6.45, 7) is 2.12. The molecule has 29 heavy (non-hydrogen) atoms. The molecule has 0 bridgehead atoms. The number of hydrogen-bond acceptors (Lipinski definition) is 4. The molecule has 0 N–H and O–H groups in total. The van der Waals surface area contributed by atoms with Gasteiger partial charge in [-0.15, -0.1) is 0 Å². The van der Waals surface area contributed by atoms with Gasteiger partial charge in [-0.05, 0) is 67.1 Å². The highest BCUT2D eigenvalue weighted by molar-refractivity contribution is 7.92. The number of anilines is 1. The molecule has 0 atom stereocenters. The number of amides is 1. The number of halogens is 1. The molecule has 0 fully saturated rings. The molecule has 1 heterocycles. The highest BCUT2D eigenvalue weighted by Gasteiger charge is 2.23. The Kier molecular flexibility index (Phi) is 6.00. The fourth-order valence-corrected chi connectivity index (χ4v) is 4.35. The van der Waals surface area contributed by atoms with Gasteiger partial charge in [-0.2, -0.15) is 0 Å². The molecule has 3 rings (SSSR count). The fourth-order valence-electron chi connectivity index (χ4n) is 2.96. The highest BCUT2D eigenvalue weighted by atomic mass is 35.5. The lowest BCUT2D eigenvalue weighted by Crippen LogP contribution is -2.28. The van der Waals surface area contributed by atoms with Crippen molar-refractivity contribution in [3.8, 4) is 0 Å². The third kappa shape index (κ3) is 4.46. The van der Waals surface area contributed by atoms with Crippen LogP contribution in [-0.2, 0) is 16.6 Å². The van der Waals surface area contributed by atoms with Gasteiger partial charge < -0.3 is 9.32 Å². The van der Waals surface area contributed by atoms with Crippen LogP contribution in [0.4, 0.5) is 5.69 Å². The zero-order valence-electron chi connectivity index (χ0n) is 16.3. The molecule has 6 nitrogen and oxygen atoms in total. The Hall–Kier alpha value is -2.77. The molecular formula is C21H21ClN2O4S. The smallest absolute Gasteiger partial charge is 0.264 e. The molecule has 1 aromatic heterocycles. The average Bonchev–Trinajstić information content (AvgIpc) is 3.20. The van der Waals surface area contributed by atoms with Gasteiger partial charge in [0.2, 0.25) is 0 Å². The van der Waals surface area contributed by atoms with E-state index in [0.29, 0.717) is 34.1 Å². The molecule has 0 radical (unpaired) electrons. The van der Waals surface area contributed by atoms with E-state index in [-0.39, 0.29) is 10.8 Å². The monoisotopic (exact) mass is 432 g/mol. The van der Waals surface area contributed by atoms with Crippen LogP contribution in [0.3, 0.4) is 0 Å². The molecule has 0 saturated carbocycles. The summed E-state index contributed by atoms with van der Waals surface area (Å²) in [6, 6.07) is 14.5. The van der Waals surface area contributed by atoms with E-state index in [2.05, 4.69) is 0 Å². The number of carbonyl (C=O) groups is 1. The minimum atomic E-state index is -3.75. The van der Waals surface area contributed by atoms with Crippen molar-refractivity contribution in [1.82, 2.24) is 4.90 Å². The van der Waals surface area contributed by atoms with Crippen LogP contribution in [-0.4, -0.2) is 33.3 Å². The molecular weight excluding hydrogens is 412 g/mol. The predicted octanol–water partition coefficient (Wildman–Crippen LogP) is 4.34. The summed E-state index contributed by atoms with van der Waals surface area (Å²) in [5.41, 5.74) is 1.63. The maximum Gasteiger partial charge on any atom is 0.264 e. The van der Waals surface area contributed by atoms with Gasteiger partial charge >= 0.3 is 0 Å². The van der Waals surface area contributed by atoms with Crippen LogP contribution in [0.25, 0.3) is 0 Å². The molecule has 0 aliphatic rings. The standard InChI is InChI=1S/C21H21ClN2O4S/c1-15-13-16(21(25)23(2)14-18-5-4-12-28-18)6-11-20(15)24(3)29(26,27)19-9-7-17(22)8-10-19/h4-13H,14H2,1-3H3. The van der Waals surface area contributed by atoms with Crippen LogP contribution in [0.15, 0.2) is 70.2 Å². The fraction of sp³-hybridized carbons (Fsp3) is 0.190. The van der Waals surface area contributed by atoms with Crippen molar-refractivity contribution in [2.45, 2.75) is 18.4 Å². The number of benzene rings is 2. The zero-order valence-corrected chi connectivity index (χ0v) is 17.9. The van der Waals surface area contributed by atoms with E-state index in [1.54, 1.807) is 55.5 Å². The van der Waals surface area contributed by atoms with Crippen molar-refractivity contribution in [1.29, 1.82) is 0 Å². The molecule has 0 spiro atoms. The lowest BCUT2D eigenvalue weighted by molar-refractivity contribution is 0.0775. The van der Waals surface area contributed by atoms with E-state index in [9.17, 15) is 13.2 Å². The number of rotatable bonds is 6. The zero-order chi connectivity index (χ0) is 21.2. The molecule has 2 aromatic carbocycles. The van der Waals surface area contributed by atoms with Crippen LogP contribution in [0, 0.1) is 6.92 Å². The lowest BCUT2D eigenvalue weighted by Gasteiger charge is -2.22. The van der Waals surface area contributed by atoms with Crippen molar-refractivity contribution in [3.63, 3.8) is 0 Å². The molecule has 1 amide bonds. The van der Waals surface area contributed by atoms with Gasteiger partial charge in [-0.25, -0.2) is 8.42 Å². The Morgan fingerprint density at radius 1 is 1.07 bits per heavy atom. The van der Waals surface area contributed by atoms with E-state index in [1.807, 2.05) is 0 Å². The van der Waals surface area contributed by atoms with Crippen LogP contribution >= 0.6 is 11.6 Å².